The molecule has 0 aliphatic carbocycles. The van der Waals surface area contributed by atoms with Crippen LogP contribution >= 0.6 is 0 Å². The molecule has 0 aliphatic heterocycles. The van der Waals surface area contributed by atoms with Gasteiger partial charge in [0.15, 0.2) is 0 Å². The molecule has 0 fully saturated rings. The van der Waals surface area contributed by atoms with Crippen molar-refractivity contribution in [2.45, 2.75) is 26.0 Å². The monoisotopic (exact) mass is 246 g/mol. The lowest BCUT2D eigenvalue weighted by atomic mass is 10.1. The van der Waals surface area contributed by atoms with Crippen molar-refractivity contribution in [2.75, 3.05) is 6.61 Å². The standard InChI is InChI=1S/C14H18N2O2/c1-2-10-18-13-6-4-12(5-7-13)14(17)11-16-9-3-8-15-16/h3-9,14,17H,2,10-11H2,1H3. The lowest BCUT2D eigenvalue weighted by Gasteiger charge is -2.12. The summed E-state index contributed by atoms with van der Waals surface area (Å²) < 4.78 is 7.21. The van der Waals surface area contributed by atoms with Crippen molar-refractivity contribution in [3.8, 4) is 5.75 Å². The topological polar surface area (TPSA) is 47.3 Å². The highest BCUT2D eigenvalue weighted by atomic mass is 16.5. The number of benzene rings is 1. The van der Waals surface area contributed by atoms with E-state index in [1.165, 1.54) is 0 Å². The van der Waals surface area contributed by atoms with Crippen LogP contribution < -0.4 is 4.74 Å². The summed E-state index contributed by atoms with van der Waals surface area (Å²) in [6, 6.07) is 9.39. The third-order valence-electron chi connectivity index (χ3n) is 2.66. The molecule has 1 atom stereocenters. The van der Waals surface area contributed by atoms with Crippen LogP contribution in [0, 0.1) is 0 Å². The van der Waals surface area contributed by atoms with E-state index < -0.39 is 6.10 Å². The van der Waals surface area contributed by atoms with Gasteiger partial charge in [0.1, 0.15) is 5.75 Å². The first-order chi connectivity index (χ1) is 8.79. The van der Waals surface area contributed by atoms with E-state index >= 15 is 0 Å². The van der Waals surface area contributed by atoms with Gasteiger partial charge in [-0.25, -0.2) is 0 Å². The molecule has 4 heteroatoms. The zero-order chi connectivity index (χ0) is 12.8. The van der Waals surface area contributed by atoms with E-state index in [1.54, 1.807) is 10.9 Å². The fraction of sp³-hybridized carbons (Fsp3) is 0.357. The second-order valence-electron chi connectivity index (χ2n) is 4.16. The normalized spacial score (nSPS) is 12.3. The van der Waals surface area contributed by atoms with E-state index in [9.17, 15) is 5.11 Å². The molecule has 18 heavy (non-hydrogen) atoms. The van der Waals surface area contributed by atoms with E-state index in [0.29, 0.717) is 6.54 Å². The van der Waals surface area contributed by atoms with Crippen LogP contribution in [0.3, 0.4) is 0 Å². The zero-order valence-electron chi connectivity index (χ0n) is 10.5. The van der Waals surface area contributed by atoms with Crippen LogP contribution in [0.2, 0.25) is 0 Å². The van der Waals surface area contributed by atoms with Gasteiger partial charge in [0, 0.05) is 12.4 Å². The highest BCUT2D eigenvalue weighted by Crippen LogP contribution is 2.19. The Balaban J connectivity index is 1.96. The molecule has 0 bridgehead atoms. The molecule has 1 unspecified atom stereocenters. The average Bonchev–Trinajstić information content (AvgIpc) is 2.89. The first-order valence-electron chi connectivity index (χ1n) is 6.18. The number of aliphatic hydroxyl groups excluding tert-OH is 1. The molecule has 1 aromatic carbocycles. The number of hydrogen-bond acceptors (Lipinski definition) is 3. The van der Waals surface area contributed by atoms with Crippen molar-refractivity contribution < 1.29 is 9.84 Å². The Morgan fingerprint density at radius 1 is 1.33 bits per heavy atom. The number of nitrogens with zero attached hydrogens (tertiary/aromatic N) is 2. The first-order valence-corrected chi connectivity index (χ1v) is 6.18. The summed E-state index contributed by atoms with van der Waals surface area (Å²) in [7, 11) is 0. The Bertz CT molecular complexity index is 451. The third-order valence-corrected chi connectivity index (χ3v) is 2.66. The van der Waals surface area contributed by atoms with Gasteiger partial charge < -0.3 is 9.84 Å². The molecule has 0 amide bonds. The van der Waals surface area contributed by atoms with Gasteiger partial charge in [0.25, 0.3) is 0 Å². The Kier molecular flexibility index (Phi) is 4.36. The van der Waals surface area contributed by atoms with E-state index in [-0.39, 0.29) is 0 Å². The van der Waals surface area contributed by atoms with Gasteiger partial charge in [-0.2, -0.15) is 5.10 Å². The van der Waals surface area contributed by atoms with E-state index in [2.05, 4.69) is 12.0 Å². The lowest BCUT2D eigenvalue weighted by Crippen LogP contribution is -2.09. The lowest BCUT2D eigenvalue weighted by molar-refractivity contribution is 0.151. The molecule has 2 aromatic rings. The second kappa shape index (κ2) is 6.21. The fourth-order valence-electron chi connectivity index (χ4n) is 1.70. The summed E-state index contributed by atoms with van der Waals surface area (Å²) >= 11 is 0. The summed E-state index contributed by atoms with van der Waals surface area (Å²) in [4.78, 5) is 0. The molecule has 0 radical (unpaired) electrons. The summed E-state index contributed by atoms with van der Waals surface area (Å²) in [6.07, 6.45) is 3.98. The van der Waals surface area contributed by atoms with Gasteiger partial charge in [-0.15, -0.1) is 0 Å². The Morgan fingerprint density at radius 2 is 2.11 bits per heavy atom. The number of hydrogen-bond donors (Lipinski definition) is 1. The van der Waals surface area contributed by atoms with Crippen LogP contribution in [-0.4, -0.2) is 21.5 Å². The zero-order valence-corrected chi connectivity index (χ0v) is 10.5. The van der Waals surface area contributed by atoms with Crippen molar-refractivity contribution in [1.82, 2.24) is 9.78 Å². The Hall–Kier alpha value is -1.81. The van der Waals surface area contributed by atoms with Crippen molar-refractivity contribution in [2.24, 2.45) is 0 Å². The quantitative estimate of drug-likeness (QED) is 0.851. The molecule has 1 N–H and O–H groups in total. The van der Waals surface area contributed by atoms with E-state index in [1.807, 2.05) is 36.5 Å². The van der Waals surface area contributed by atoms with Gasteiger partial charge in [0.2, 0.25) is 0 Å². The molecular formula is C14H18N2O2. The smallest absolute Gasteiger partial charge is 0.119 e. The number of rotatable bonds is 6. The molecule has 0 saturated heterocycles. The maximum Gasteiger partial charge on any atom is 0.119 e. The number of ether oxygens (including phenoxy) is 1. The summed E-state index contributed by atoms with van der Waals surface area (Å²) in [5.74, 6) is 0.840. The minimum Gasteiger partial charge on any atom is -0.494 e. The Labute approximate surface area is 107 Å². The van der Waals surface area contributed by atoms with Crippen LogP contribution in [-0.2, 0) is 6.54 Å². The van der Waals surface area contributed by atoms with Gasteiger partial charge in [0.05, 0.1) is 19.3 Å². The van der Waals surface area contributed by atoms with Crippen molar-refractivity contribution in [3.63, 3.8) is 0 Å². The van der Waals surface area contributed by atoms with Gasteiger partial charge in [-0.3, -0.25) is 4.68 Å². The molecule has 0 saturated carbocycles. The number of aliphatic hydroxyl groups is 1. The predicted molar refractivity (Wildman–Crippen MR) is 69.4 cm³/mol. The minimum absolute atomic E-state index is 0.460. The number of aromatic nitrogens is 2. The minimum atomic E-state index is -0.551. The summed E-state index contributed by atoms with van der Waals surface area (Å²) in [5, 5.41) is 14.1. The molecule has 2 rings (SSSR count). The maximum absolute atomic E-state index is 10.1. The molecular weight excluding hydrogens is 228 g/mol. The summed E-state index contributed by atoms with van der Waals surface area (Å²) in [5.41, 5.74) is 0.870. The second-order valence-corrected chi connectivity index (χ2v) is 4.16. The van der Waals surface area contributed by atoms with Crippen LogP contribution in [0.15, 0.2) is 42.7 Å². The van der Waals surface area contributed by atoms with Gasteiger partial charge in [-0.05, 0) is 30.2 Å². The third kappa shape index (κ3) is 3.34. The molecule has 1 heterocycles. The average molecular weight is 246 g/mol. The van der Waals surface area contributed by atoms with E-state index in [0.717, 1.165) is 24.3 Å². The SMILES string of the molecule is CCCOc1ccc(C(O)Cn2cccn2)cc1. The largest absolute Gasteiger partial charge is 0.494 e. The van der Waals surface area contributed by atoms with Crippen molar-refractivity contribution in [3.05, 3.63) is 48.3 Å². The Morgan fingerprint density at radius 3 is 2.72 bits per heavy atom. The highest BCUT2D eigenvalue weighted by Gasteiger charge is 2.08. The van der Waals surface area contributed by atoms with Crippen LogP contribution in [0.5, 0.6) is 5.75 Å². The molecule has 0 spiro atoms. The molecule has 4 nitrogen and oxygen atoms in total. The molecule has 0 aliphatic rings. The van der Waals surface area contributed by atoms with Crippen LogP contribution in [0.1, 0.15) is 25.0 Å². The van der Waals surface area contributed by atoms with Gasteiger partial charge >= 0.3 is 0 Å². The van der Waals surface area contributed by atoms with Crippen LogP contribution in [0.25, 0.3) is 0 Å². The van der Waals surface area contributed by atoms with Gasteiger partial charge in [-0.1, -0.05) is 19.1 Å². The van der Waals surface area contributed by atoms with Crippen LogP contribution in [0.4, 0.5) is 0 Å². The highest BCUT2D eigenvalue weighted by molar-refractivity contribution is 5.28. The first kappa shape index (κ1) is 12.6. The summed E-state index contributed by atoms with van der Waals surface area (Å²) in [6.45, 7) is 3.25. The predicted octanol–water partition coefficient (Wildman–Crippen LogP) is 2.41. The van der Waals surface area contributed by atoms with Crippen molar-refractivity contribution >= 4 is 0 Å². The van der Waals surface area contributed by atoms with Crippen molar-refractivity contribution in [1.29, 1.82) is 0 Å². The fourth-order valence-corrected chi connectivity index (χ4v) is 1.70. The molecule has 96 valence electrons. The molecule has 1 aromatic heterocycles. The van der Waals surface area contributed by atoms with E-state index in [4.69, 9.17) is 4.74 Å². The maximum atomic E-state index is 10.1.